The Morgan fingerprint density at radius 1 is 1.33 bits per heavy atom. The van der Waals surface area contributed by atoms with Crippen LogP contribution in [0, 0.1) is 0 Å². The average molecular weight is 269 g/mol. The van der Waals surface area contributed by atoms with Gasteiger partial charge < -0.3 is 9.67 Å². The quantitative estimate of drug-likeness (QED) is 0.927. The van der Waals surface area contributed by atoms with Gasteiger partial charge in [0.05, 0.1) is 5.69 Å². The Morgan fingerprint density at radius 3 is 2.50 bits per heavy atom. The molecule has 2 aromatic heterocycles. The van der Waals surface area contributed by atoms with Gasteiger partial charge in [0.25, 0.3) is 0 Å². The smallest absolute Gasteiger partial charge is 0.142 e. The van der Waals surface area contributed by atoms with Gasteiger partial charge in [0.1, 0.15) is 17.1 Å². The standard InChI is InChI=1S/C12H17ClN4O/c1-7(2)9-8(11(13)17(4)15-9)10(18)12-14-5-6-16(12)3/h5-7,10,18H,1-4H3. The third kappa shape index (κ3) is 2.04. The van der Waals surface area contributed by atoms with Crippen LogP contribution in [0.1, 0.15) is 43.0 Å². The summed E-state index contributed by atoms with van der Waals surface area (Å²) in [5, 5.41) is 15.3. The zero-order valence-corrected chi connectivity index (χ0v) is 11.7. The van der Waals surface area contributed by atoms with Crippen molar-refractivity contribution in [3.05, 3.63) is 34.6 Å². The molecular weight excluding hydrogens is 252 g/mol. The fourth-order valence-electron chi connectivity index (χ4n) is 1.99. The Kier molecular flexibility index (Phi) is 3.45. The molecule has 6 heteroatoms. The lowest BCUT2D eigenvalue weighted by molar-refractivity contribution is 0.205. The molecule has 1 atom stereocenters. The van der Waals surface area contributed by atoms with E-state index < -0.39 is 6.10 Å². The SMILES string of the molecule is CC(C)c1nn(C)c(Cl)c1C(O)c1nccn1C. The summed E-state index contributed by atoms with van der Waals surface area (Å²) >= 11 is 6.23. The highest BCUT2D eigenvalue weighted by Gasteiger charge is 2.26. The molecule has 0 radical (unpaired) electrons. The second-order valence-electron chi connectivity index (χ2n) is 4.67. The molecule has 2 aromatic rings. The van der Waals surface area contributed by atoms with E-state index >= 15 is 0 Å². The van der Waals surface area contributed by atoms with Gasteiger partial charge in [-0.25, -0.2) is 4.98 Å². The number of rotatable bonds is 3. The molecule has 1 unspecified atom stereocenters. The number of halogens is 1. The maximum absolute atomic E-state index is 10.5. The predicted octanol–water partition coefficient (Wildman–Crippen LogP) is 2.01. The third-order valence-corrected chi connectivity index (χ3v) is 3.41. The maximum atomic E-state index is 10.5. The van der Waals surface area contributed by atoms with Crippen LogP contribution in [0.25, 0.3) is 0 Å². The van der Waals surface area contributed by atoms with Crippen LogP contribution in [0.3, 0.4) is 0 Å². The fraction of sp³-hybridized carbons (Fsp3) is 0.500. The molecule has 5 nitrogen and oxygen atoms in total. The fourth-order valence-corrected chi connectivity index (χ4v) is 2.23. The van der Waals surface area contributed by atoms with Crippen molar-refractivity contribution in [1.82, 2.24) is 19.3 Å². The molecule has 0 aliphatic carbocycles. The van der Waals surface area contributed by atoms with Crippen molar-refractivity contribution in [3.63, 3.8) is 0 Å². The molecule has 0 amide bonds. The summed E-state index contributed by atoms with van der Waals surface area (Å²) < 4.78 is 3.36. The summed E-state index contributed by atoms with van der Waals surface area (Å²) in [6, 6.07) is 0. The first-order chi connectivity index (χ1) is 8.43. The van der Waals surface area contributed by atoms with Gasteiger partial charge in [-0.2, -0.15) is 5.10 Å². The van der Waals surface area contributed by atoms with Crippen LogP contribution in [0.2, 0.25) is 5.15 Å². The van der Waals surface area contributed by atoms with Crippen LogP contribution in [-0.2, 0) is 14.1 Å². The van der Waals surface area contributed by atoms with E-state index in [0.717, 1.165) is 5.69 Å². The number of aryl methyl sites for hydroxylation is 2. The number of aromatic nitrogens is 4. The molecule has 0 saturated carbocycles. The number of aliphatic hydroxyl groups excluding tert-OH is 1. The lowest BCUT2D eigenvalue weighted by Crippen LogP contribution is -2.09. The highest BCUT2D eigenvalue weighted by Crippen LogP contribution is 2.33. The van der Waals surface area contributed by atoms with Gasteiger partial charge in [-0.3, -0.25) is 4.68 Å². The normalized spacial score (nSPS) is 13.3. The first-order valence-corrected chi connectivity index (χ1v) is 6.18. The van der Waals surface area contributed by atoms with Crippen molar-refractivity contribution in [2.75, 3.05) is 0 Å². The van der Waals surface area contributed by atoms with Gasteiger partial charge in [0, 0.05) is 32.1 Å². The van der Waals surface area contributed by atoms with E-state index in [2.05, 4.69) is 10.1 Å². The molecule has 0 fully saturated rings. The molecule has 1 N–H and O–H groups in total. The Hall–Kier alpha value is -1.33. The lowest BCUT2D eigenvalue weighted by atomic mass is 10.0. The molecule has 2 rings (SSSR count). The van der Waals surface area contributed by atoms with E-state index in [1.165, 1.54) is 0 Å². The summed E-state index contributed by atoms with van der Waals surface area (Å²) in [6.07, 6.45) is 2.58. The van der Waals surface area contributed by atoms with E-state index in [4.69, 9.17) is 11.6 Å². The van der Waals surface area contributed by atoms with Crippen molar-refractivity contribution in [2.45, 2.75) is 25.9 Å². The van der Waals surface area contributed by atoms with Crippen LogP contribution in [0.15, 0.2) is 12.4 Å². The van der Waals surface area contributed by atoms with Crippen LogP contribution in [0.4, 0.5) is 0 Å². The van der Waals surface area contributed by atoms with Gasteiger partial charge in [0.2, 0.25) is 0 Å². The molecule has 0 spiro atoms. The van der Waals surface area contributed by atoms with Gasteiger partial charge in [0.15, 0.2) is 0 Å². The number of hydrogen-bond acceptors (Lipinski definition) is 3. The second-order valence-corrected chi connectivity index (χ2v) is 5.02. The van der Waals surface area contributed by atoms with Crippen LogP contribution < -0.4 is 0 Å². The number of nitrogens with zero attached hydrogens (tertiary/aromatic N) is 4. The van der Waals surface area contributed by atoms with Crippen molar-refractivity contribution >= 4 is 11.6 Å². The zero-order valence-electron chi connectivity index (χ0n) is 10.9. The number of hydrogen-bond donors (Lipinski definition) is 1. The van der Waals surface area contributed by atoms with Crippen LogP contribution in [-0.4, -0.2) is 24.4 Å². The monoisotopic (exact) mass is 268 g/mol. The Bertz CT molecular complexity index is 558. The van der Waals surface area contributed by atoms with E-state index in [1.54, 1.807) is 28.7 Å². The topological polar surface area (TPSA) is 55.9 Å². The van der Waals surface area contributed by atoms with Gasteiger partial charge in [-0.15, -0.1) is 0 Å². The van der Waals surface area contributed by atoms with Crippen LogP contribution >= 0.6 is 11.6 Å². The first-order valence-electron chi connectivity index (χ1n) is 5.81. The van der Waals surface area contributed by atoms with Crippen molar-refractivity contribution < 1.29 is 5.11 Å². The summed E-state index contributed by atoms with van der Waals surface area (Å²) in [5.41, 5.74) is 1.45. The molecule has 0 saturated heterocycles. The zero-order chi connectivity index (χ0) is 13.4. The summed E-state index contributed by atoms with van der Waals surface area (Å²) in [6.45, 7) is 4.04. The molecular formula is C12H17ClN4O. The average Bonchev–Trinajstić information content (AvgIpc) is 2.84. The summed E-state index contributed by atoms with van der Waals surface area (Å²) in [7, 11) is 3.60. The minimum absolute atomic E-state index is 0.189. The predicted molar refractivity (Wildman–Crippen MR) is 69.6 cm³/mol. The summed E-state index contributed by atoms with van der Waals surface area (Å²) in [5.74, 6) is 0.750. The van der Waals surface area contributed by atoms with Gasteiger partial charge in [-0.05, 0) is 5.92 Å². The van der Waals surface area contributed by atoms with E-state index in [1.807, 2.05) is 20.9 Å². The highest BCUT2D eigenvalue weighted by molar-refractivity contribution is 6.30. The van der Waals surface area contributed by atoms with Gasteiger partial charge >= 0.3 is 0 Å². The molecule has 0 aromatic carbocycles. The molecule has 98 valence electrons. The highest BCUT2D eigenvalue weighted by atomic mass is 35.5. The van der Waals surface area contributed by atoms with Gasteiger partial charge in [-0.1, -0.05) is 25.4 Å². The lowest BCUT2D eigenvalue weighted by Gasteiger charge is -2.13. The number of imidazole rings is 1. The van der Waals surface area contributed by atoms with Crippen molar-refractivity contribution in [2.24, 2.45) is 14.1 Å². The molecule has 0 bridgehead atoms. The number of aliphatic hydroxyl groups is 1. The minimum Gasteiger partial charge on any atom is -0.380 e. The van der Waals surface area contributed by atoms with Crippen molar-refractivity contribution in [1.29, 1.82) is 0 Å². The van der Waals surface area contributed by atoms with E-state index in [0.29, 0.717) is 16.5 Å². The van der Waals surface area contributed by atoms with E-state index in [-0.39, 0.29) is 5.92 Å². The molecule has 0 aliphatic rings. The third-order valence-electron chi connectivity index (χ3n) is 2.96. The molecule has 0 aliphatic heterocycles. The Morgan fingerprint density at radius 2 is 2.00 bits per heavy atom. The minimum atomic E-state index is -0.858. The Balaban J connectivity index is 2.54. The molecule has 2 heterocycles. The Labute approximate surface area is 111 Å². The second kappa shape index (κ2) is 4.74. The first kappa shape index (κ1) is 13.1. The van der Waals surface area contributed by atoms with Crippen molar-refractivity contribution in [3.8, 4) is 0 Å². The molecule has 18 heavy (non-hydrogen) atoms. The van der Waals surface area contributed by atoms with Crippen LogP contribution in [0.5, 0.6) is 0 Å². The van der Waals surface area contributed by atoms with E-state index in [9.17, 15) is 5.11 Å². The maximum Gasteiger partial charge on any atom is 0.142 e. The summed E-state index contributed by atoms with van der Waals surface area (Å²) in [4.78, 5) is 4.16. The largest absolute Gasteiger partial charge is 0.380 e.